The number of halogens is 4. The van der Waals surface area contributed by atoms with Gasteiger partial charge in [-0.05, 0) is 40.8 Å². The maximum Gasteiger partial charge on any atom is 0.426 e. The lowest BCUT2D eigenvalue weighted by Crippen LogP contribution is -2.39. The summed E-state index contributed by atoms with van der Waals surface area (Å²) in [5.74, 6) is -4.46. The molecule has 1 aromatic carbocycles. The van der Waals surface area contributed by atoms with Crippen LogP contribution in [-0.2, 0) is 19.6 Å². The summed E-state index contributed by atoms with van der Waals surface area (Å²) in [7, 11) is -5.06. The van der Waals surface area contributed by atoms with Gasteiger partial charge in [0, 0.05) is 9.99 Å². The molecule has 1 N–H and O–H groups in total. The number of ether oxygens (including phenoxy) is 2. The molecular weight excluding hydrogens is 484 g/mol. The van der Waals surface area contributed by atoms with E-state index >= 15 is 0 Å². The van der Waals surface area contributed by atoms with Crippen molar-refractivity contribution < 1.29 is 45.2 Å². The van der Waals surface area contributed by atoms with Crippen LogP contribution in [0.3, 0.4) is 0 Å². The minimum absolute atomic E-state index is 0.0477. The molecule has 0 aliphatic rings. The summed E-state index contributed by atoms with van der Waals surface area (Å²) >= 11 is 1.82. The Balaban J connectivity index is 3.14. The van der Waals surface area contributed by atoms with Gasteiger partial charge in [-0.3, -0.25) is 9.35 Å². The summed E-state index contributed by atoms with van der Waals surface area (Å²) < 4.78 is 78.0. The summed E-state index contributed by atoms with van der Waals surface area (Å²) in [6.07, 6.45) is -8.35. The van der Waals surface area contributed by atoms with Gasteiger partial charge in [0.05, 0.1) is 0 Å². The maximum absolute atomic E-state index is 12.8. The van der Waals surface area contributed by atoms with Crippen LogP contribution in [-0.4, -0.2) is 42.9 Å². The van der Waals surface area contributed by atoms with Crippen LogP contribution >= 0.6 is 22.6 Å². The van der Waals surface area contributed by atoms with E-state index in [1.165, 1.54) is 19.1 Å². The number of carbonyl (C=O) groups is 2. The molecule has 0 aromatic heterocycles. The highest BCUT2D eigenvalue weighted by molar-refractivity contribution is 14.1. The summed E-state index contributed by atoms with van der Waals surface area (Å²) in [5.41, 5.74) is -0.494. The highest BCUT2D eigenvalue weighted by Crippen LogP contribution is 2.28. The van der Waals surface area contributed by atoms with Gasteiger partial charge in [0.25, 0.3) is 10.1 Å². The van der Waals surface area contributed by atoms with E-state index in [-0.39, 0.29) is 12.2 Å². The second kappa shape index (κ2) is 8.31. The molecule has 1 unspecified atom stereocenters. The Morgan fingerprint density at radius 3 is 2.40 bits per heavy atom. The fourth-order valence-electron chi connectivity index (χ4n) is 1.52. The van der Waals surface area contributed by atoms with Crippen molar-refractivity contribution in [1.82, 2.24) is 0 Å². The molecule has 0 saturated heterocycles. The van der Waals surface area contributed by atoms with Crippen molar-refractivity contribution in [2.75, 3.05) is 5.75 Å². The maximum atomic E-state index is 12.8. The van der Waals surface area contributed by atoms with Gasteiger partial charge in [0.1, 0.15) is 17.1 Å². The SMILES string of the molecule is CCC(=O)Oc1cc(I)ccc1C(=O)OC(CS(=O)(=O)O)C(F)(F)F. The van der Waals surface area contributed by atoms with Crippen molar-refractivity contribution in [3.63, 3.8) is 0 Å². The molecule has 0 aliphatic carbocycles. The average Bonchev–Trinajstić information content (AvgIpc) is 2.44. The Morgan fingerprint density at radius 2 is 1.92 bits per heavy atom. The molecule has 1 rings (SSSR count). The van der Waals surface area contributed by atoms with Crippen molar-refractivity contribution >= 4 is 44.6 Å². The Hall–Kier alpha value is -1.41. The third kappa shape index (κ3) is 7.15. The number of alkyl halides is 3. The molecule has 140 valence electrons. The van der Waals surface area contributed by atoms with Gasteiger partial charge in [-0.2, -0.15) is 21.6 Å². The molecule has 0 amide bonds. The predicted molar refractivity (Wildman–Crippen MR) is 86.8 cm³/mol. The summed E-state index contributed by atoms with van der Waals surface area (Å²) in [5, 5.41) is 0. The quantitative estimate of drug-likeness (QED) is 0.279. The van der Waals surface area contributed by atoms with Crippen LogP contribution in [0.5, 0.6) is 5.75 Å². The van der Waals surface area contributed by atoms with Crippen LogP contribution in [0.1, 0.15) is 23.7 Å². The lowest BCUT2D eigenvalue weighted by molar-refractivity contribution is -0.197. The second-order valence-corrected chi connectivity index (χ2v) is 7.40. The van der Waals surface area contributed by atoms with Crippen molar-refractivity contribution in [3.05, 3.63) is 27.3 Å². The van der Waals surface area contributed by atoms with Gasteiger partial charge in [0.2, 0.25) is 6.10 Å². The molecular formula is C13H12F3IO7S. The van der Waals surface area contributed by atoms with E-state index < -0.39 is 45.7 Å². The third-order valence-electron chi connectivity index (χ3n) is 2.65. The van der Waals surface area contributed by atoms with E-state index in [4.69, 9.17) is 9.29 Å². The van der Waals surface area contributed by atoms with Gasteiger partial charge in [-0.15, -0.1) is 0 Å². The topological polar surface area (TPSA) is 107 Å². The van der Waals surface area contributed by atoms with Crippen LogP contribution in [0.2, 0.25) is 0 Å². The number of benzene rings is 1. The number of rotatable bonds is 6. The van der Waals surface area contributed by atoms with Crippen molar-refractivity contribution in [2.45, 2.75) is 25.6 Å². The number of esters is 2. The van der Waals surface area contributed by atoms with Crippen molar-refractivity contribution in [2.24, 2.45) is 0 Å². The molecule has 1 atom stereocenters. The highest BCUT2D eigenvalue weighted by Gasteiger charge is 2.45. The number of hydrogen-bond donors (Lipinski definition) is 1. The minimum Gasteiger partial charge on any atom is -0.448 e. The molecule has 0 fully saturated rings. The molecule has 1 aromatic rings. The largest absolute Gasteiger partial charge is 0.448 e. The standard InChI is InChI=1S/C13H12F3IO7S/c1-2-11(18)23-9-5-7(17)3-4-8(9)12(19)24-10(13(14,15)16)6-25(20,21)22/h3-5,10H,2,6H2,1H3,(H,20,21,22). The van der Waals surface area contributed by atoms with E-state index in [9.17, 15) is 31.2 Å². The molecule has 0 heterocycles. The second-order valence-electron chi connectivity index (χ2n) is 4.65. The zero-order chi connectivity index (χ0) is 19.4. The van der Waals surface area contributed by atoms with E-state index in [0.717, 1.165) is 6.07 Å². The van der Waals surface area contributed by atoms with Crippen molar-refractivity contribution in [3.8, 4) is 5.75 Å². The number of carbonyl (C=O) groups excluding carboxylic acids is 2. The zero-order valence-corrected chi connectivity index (χ0v) is 15.5. The summed E-state index contributed by atoms with van der Waals surface area (Å²) in [6.45, 7) is 1.47. The van der Waals surface area contributed by atoms with Crippen LogP contribution in [0.4, 0.5) is 13.2 Å². The molecule has 0 saturated carbocycles. The highest BCUT2D eigenvalue weighted by atomic mass is 127. The molecule has 0 spiro atoms. The first kappa shape index (κ1) is 21.6. The predicted octanol–water partition coefficient (Wildman–Crippen LogP) is 2.58. The normalized spacial score (nSPS) is 13.2. The van der Waals surface area contributed by atoms with Crippen LogP contribution in [0.25, 0.3) is 0 Å². The first-order valence-electron chi connectivity index (χ1n) is 6.56. The Morgan fingerprint density at radius 1 is 1.32 bits per heavy atom. The molecule has 12 heteroatoms. The molecule has 0 aliphatic heterocycles. The Labute approximate surface area is 154 Å². The van der Waals surface area contributed by atoms with Gasteiger partial charge in [-0.1, -0.05) is 6.92 Å². The number of hydrogen-bond acceptors (Lipinski definition) is 6. The van der Waals surface area contributed by atoms with Gasteiger partial charge < -0.3 is 9.47 Å². The van der Waals surface area contributed by atoms with Crippen LogP contribution < -0.4 is 4.74 Å². The summed E-state index contributed by atoms with van der Waals surface area (Å²) in [4.78, 5) is 23.4. The fraction of sp³-hybridized carbons (Fsp3) is 0.385. The van der Waals surface area contributed by atoms with Crippen LogP contribution in [0.15, 0.2) is 18.2 Å². The van der Waals surface area contributed by atoms with Crippen LogP contribution in [0, 0.1) is 3.57 Å². The lowest BCUT2D eigenvalue weighted by atomic mass is 10.2. The Bertz CT molecular complexity index is 761. The molecule has 0 bridgehead atoms. The van der Waals surface area contributed by atoms with Gasteiger partial charge >= 0.3 is 18.1 Å². The summed E-state index contributed by atoms with van der Waals surface area (Å²) in [6, 6.07) is 3.66. The van der Waals surface area contributed by atoms with Gasteiger partial charge in [-0.25, -0.2) is 4.79 Å². The smallest absolute Gasteiger partial charge is 0.426 e. The lowest BCUT2D eigenvalue weighted by Gasteiger charge is -2.20. The Kier molecular flexibility index (Phi) is 7.19. The van der Waals surface area contributed by atoms with E-state index in [0.29, 0.717) is 3.57 Å². The van der Waals surface area contributed by atoms with E-state index in [1.807, 2.05) is 22.6 Å². The fourth-order valence-corrected chi connectivity index (χ4v) is 2.63. The van der Waals surface area contributed by atoms with E-state index in [1.54, 1.807) is 0 Å². The van der Waals surface area contributed by atoms with Crippen molar-refractivity contribution in [1.29, 1.82) is 0 Å². The first-order valence-corrected chi connectivity index (χ1v) is 9.25. The molecule has 0 radical (unpaired) electrons. The molecule has 25 heavy (non-hydrogen) atoms. The average molecular weight is 496 g/mol. The zero-order valence-electron chi connectivity index (χ0n) is 12.5. The third-order valence-corrected chi connectivity index (χ3v) is 4.05. The monoisotopic (exact) mass is 496 g/mol. The minimum atomic E-state index is -5.23. The molecule has 7 nitrogen and oxygen atoms in total. The van der Waals surface area contributed by atoms with Gasteiger partial charge in [0.15, 0.2) is 0 Å². The van der Waals surface area contributed by atoms with E-state index in [2.05, 4.69) is 4.74 Å². The first-order chi connectivity index (χ1) is 11.3.